The molecule has 1 amide bonds. The van der Waals surface area contributed by atoms with Crippen LogP contribution in [0.2, 0.25) is 5.02 Å². The Morgan fingerprint density at radius 1 is 1.11 bits per heavy atom. The van der Waals surface area contributed by atoms with Crippen LogP contribution in [0, 0.1) is 6.92 Å². The van der Waals surface area contributed by atoms with Gasteiger partial charge in [-0.25, -0.2) is 0 Å². The van der Waals surface area contributed by atoms with E-state index in [1.165, 1.54) is 0 Å². The lowest BCUT2D eigenvalue weighted by molar-refractivity contribution is -0.115. The standard InChI is InChI=1S/C22H24ClN3O2/c1-4-26(5-2)19-10-11-20(15(3)12-19)24-22(27)14-18-13-21(28-25-18)16-6-8-17(23)9-7-16/h6-13H,4-5,14H2,1-3H3,(H,24,27). The van der Waals surface area contributed by atoms with Crippen LogP contribution in [-0.2, 0) is 11.2 Å². The van der Waals surface area contributed by atoms with Crippen LogP contribution in [-0.4, -0.2) is 24.2 Å². The highest BCUT2D eigenvalue weighted by atomic mass is 35.5. The third kappa shape index (κ3) is 4.73. The number of carbonyl (C=O) groups is 1. The molecule has 0 saturated heterocycles. The predicted molar refractivity (Wildman–Crippen MR) is 114 cm³/mol. The molecular weight excluding hydrogens is 374 g/mol. The monoisotopic (exact) mass is 397 g/mol. The van der Waals surface area contributed by atoms with Crippen molar-refractivity contribution in [2.24, 2.45) is 0 Å². The summed E-state index contributed by atoms with van der Waals surface area (Å²) in [5, 5.41) is 7.62. The molecular formula is C22H24ClN3O2. The second-order valence-electron chi connectivity index (χ2n) is 6.59. The molecule has 1 heterocycles. The average Bonchev–Trinajstić information content (AvgIpc) is 3.13. The minimum atomic E-state index is -0.130. The third-order valence-electron chi connectivity index (χ3n) is 4.64. The van der Waals surface area contributed by atoms with E-state index in [0.717, 1.165) is 35.6 Å². The first-order valence-corrected chi connectivity index (χ1v) is 9.75. The summed E-state index contributed by atoms with van der Waals surface area (Å²) < 4.78 is 5.35. The number of nitrogens with zero attached hydrogens (tertiary/aromatic N) is 2. The maximum absolute atomic E-state index is 12.4. The van der Waals surface area contributed by atoms with Crippen molar-refractivity contribution in [2.45, 2.75) is 27.2 Å². The molecule has 3 rings (SSSR count). The van der Waals surface area contributed by atoms with Gasteiger partial charge in [0.15, 0.2) is 5.76 Å². The van der Waals surface area contributed by atoms with E-state index in [0.29, 0.717) is 16.5 Å². The molecule has 146 valence electrons. The van der Waals surface area contributed by atoms with Crippen molar-refractivity contribution >= 4 is 28.9 Å². The van der Waals surface area contributed by atoms with E-state index in [1.54, 1.807) is 18.2 Å². The Kier molecular flexibility index (Phi) is 6.37. The average molecular weight is 398 g/mol. The molecule has 2 aromatic carbocycles. The Balaban J connectivity index is 1.65. The van der Waals surface area contributed by atoms with Crippen LogP contribution >= 0.6 is 11.6 Å². The van der Waals surface area contributed by atoms with Gasteiger partial charge in [0.05, 0.1) is 12.1 Å². The number of amides is 1. The summed E-state index contributed by atoms with van der Waals surface area (Å²) in [5.74, 6) is 0.480. The Bertz CT molecular complexity index is 947. The number of hydrogen-bond acceptors (Lipinski definition) is 4. The molecule has 1 aromatic heterocycles. The molecule has 0 spiro atoms. The number of anilines is 2. The van der Waals surface area contributed by atoms with Crippen molar-refractivity contribution < 1.29 is 9.32 Å². The zero-order valence-electron chi connectivity index (χ0n) is 16.3. The zero-order valence-corrected chi connectivity index (χ0v) is 17.1. The number of rotatable bonds is 7. The zero-order chi connectivity index (χ0) is 20.1. The second kappa shape index (κ2) is 8.93. The van der Waals surface area contributed by atoms with Crippen LogP contribution in [0.1, 0.15) is 25.1 Å². The molecule has 0 aliphatic carbocycles. The molecule has 0 unspecified atom stereocenters. The molecule has 1 N–H and O–H groups in total. The van der Waals surface area contributed by atoms with Crippen LogP contribution in [0.5, 0.6) is 0 Å². The highest BCUT2D eigenvalue weighted by Crippen LogP contribution is 2.24. The minimum absolute atomic E-state index is 0.130. The van der Waals surface area contributed by atoms with Gasteiger partial charge in [0.1, 0.15) is 0 Å². The number of benzene rings is 2. The van der Waals surface area contributed by atoms with Crippen molar-refractivity contribution in [3.63, 3.8) is 0 Å². The molecule has 28 heavy (non-hydrogen) atoms. The van der Waals surface area contributed by atoms with E-state index < -0.39 is 0 Å². The summed E-state index contributed by atoms with van der Waals surface area (Å²) in [4.78, 5) is 14.7. The Labute approximate surface area is 170 Å². The maximum Gasteiger partial charge on any atom is 0.230 e. The van der Waals surface area contributed by atoms with E-state index >= 15 is 0 Å². The van der Waals surface area contributed by atoms with Gasteiger partial charge in [-0.15, -0.1) is 0 Å². The van der Waals surface area contributed by atoms with Gasteiger partial charge >= 0.3 is 0 Å². The van der Waals surface area contributed by atoms with Crippen molar-refractivity contribution in [3.8, 4) is 11.3 Å². The first kappa shape index (κ1) is 20.0. The molecule has 0 radical (unpaired) electrons. The van der Waals surface area contributed by atoms with E-state index in [-0.39, 0.29) is 12.3 Å². The fraction of sp³-hybridized carbons (Fsp3) is 0.273. The molecule has 0 saturated carbocycles. The van der Waals surface area contributed by atoms with Gasteiger partial charge in [-0.2, -0.15) is 0 Å². The van der Waals surface area contributed by atoms with Gasteiger partial charge in [-0.1, -0.05) is 16.8 Å². The lowest BCUT2D eigenvalue weighted by Gasteiger charge is -2.22. The lowest BCUT2D eigenvalue weighted by Crippen LogP contribution is -2.22. The highest BCUT2D eigenvalue weighted by molar-refractivity contribution is 6.30. The third-order valence-corrected chi connectivity index (χ3v) is 4.89. The van der Waals surface area contributed by atoms with Crippen LogP contribution in [0.15, 0.2) is 53.1 Å². The van der Waals surface area contributed by atoms with E-state index in [9.17, 15) is 4.79 Å². The summed E-state index contributed by atoms with van der Waals surface area (Å²) in [7, 11) is 0. The molecule has 5 nitrogen and oxygen atoms in total. The molecule has 0 fully saturated rings. The van der Waals surface area contributed by atoms with Gasteiger partial charge in [0.25, 0.3) is 0 Å². The summed E-state index contributed by atoms with van der Waals surface area (Å²) in [5.41, 5.74) is 4.44. The number of halogens is 1. The van der Waals surface area contributed by atoms with Gasteiger partial charge in [-0.3, -0.25) is 4.79 Å². The second-order valence-corrected chi connectivity index (χ2v) is 7.02. The van der Waals surface area contributed by atoms with E-state index in [2.05, 4.69) is 35.3 Å². The molecule has 6 heteroatoms. The van der Waals surface area contributed by atoms with E-state index in [1.807, 2.05) is 31.2 Å². The Hall–Kier alpha value is -2.79. The number of hydrogen-bond donors (Lipinski definition) is 1. The number of carbonyl (C=O) groups excluding carboxylic acids is 1. The van der Waals surface area contributed by atoms with Crippen LogP contribution in [0.3, 0.4) is 0 Å². The number of nitrogens with one attached hydrogen (secondary N) is 1. The minimum Gasteiger partial charge on any atom is -0.372 e. The van der Waals surface area contributed by atoms with Crippen molar-refractivity contribution in [2.75, 3.05) is 23.3 Å². The molecule has 0 aliphatic rings. The van der Waals surface area contributed by atoms with Crippen molar-refractivity contribution in [1.29, 1.82) is 0 Å². The Morgan fingerprint density at radius 3 is 2.46 bits per heavy atom. The van der Waals surface area contributed by atoms with Gasteiger partial charge in [0.2, 0.25) is 5.91 Å². The molecule has 0 aliphatic heterocycles. The van der Waals surface area contributed by atoms with Gasteiger partial charge in [-0.05, 0) is 68.8 Å². The summed E-state index contributed by atoms with van der Waals surface area (Å²) in [6, 6.07) is 15.1. The predicted octanol–water partition coefficient (Wildman–Crippen LogP) is 5.33. The van der Waals surface area contributed by atoms with Crippen molar-refractivity contribution in [1.82, 2.24) is 5.16 Å². The largest absolute Gasteiger partial charge is 0.372 e. The van der Waals surface area contributed by atoms with E-state index in [4.69, 9.17) is 16.1 Å². The molecule has 3 aromatic rings. The number of aryl methyl sites for hydroxylation is 1. The van der Waals surface area contributed by atoms with Crippen LogP contribution in [0.4, 0.5) is 11.4 Å². The summed E-state index contributed by atoms with van der Waals surface area (Å²) in [6.45, 7) is 8.15. The van der Waals surface area contributed by atoms with Crippen LogP contribution < -0.4 is 10.2 Å². The highest BCUT2D eigenvalue weighted by Gasteiger charge is 2.12. The smallest absolute Gasteiger partial charge is 0.230 e. The SMILES string of the molecule is CCN(CC)c1ccc(NC(=O)Cc2cc(-c3ccc(Cl)cc3)on2)c(C)c1. The van der Waals surface area contributed by atoms with Crippen molar-refractivity contribution in [3.05, 3.63) is 64.8 Å². The number of aromatic nitrogens is 1. The quantitative estimate of drug-likeness (QED) is 0.585. The lowest BCUT2D eigenvalue weighted by atomic mass is 10.1. The fourth-order valence-corrected chi connectivity index (χ4v) is 3.20. The Morgan fingerprint density at radius 2 is 1.82 bits per heavy atom. The van der Waals surface area contributed by atoms with Gasteiger partial charge < -0.3 is 14.7 Å². The topological polar surface area (TPSA) is 58.4 Å². The molecule has 0 bridgehead atoms. The molecule has 0 atom stereocenters. The fourth-order valence-electron chi connectivity index (χ4n) is 3.08. The normalized spacial score (nSPS) is 10.7. The van der Waals surface area contributed by atoms with Gasteiger partial charge in [0, 0.05) is 41.1 Å². The summed E-state index contributed by atoms with van der Waals surface area (Å²) >= 11 is 5.90. The summed E-state index contributed by atoms with van der Waals surface area (Å²) in [6.07, 6.45) is 0.147. The van der Waals surface area contributed by atoms with Crippen LogP contribution in [0.25, 0.3) is 11.3 Å². The first-order valence-electron chi connectivity index (χ1n) is 9.37. The first-order chi connectivity index (χ1) is 13.5. The maximum atomic E-state index is 12.4.